The number of unbranched alkanes of at least 4 members (excludes halogenated alkanes) is 19. The van der Waals surface area contributed by atoms with Gasteiger partial charge in [0, 0.05) is 25.7 Å². The Morgan fingerprint density at radius 3 is 0.892 bits per heavy atom. The molecule has 0 saturated carbocycles. The first-order chi connectivity index (χ1) is 49.7. The van der Waals surface area contributed by atoms with E-state index in [9.17, 15) is 43.2 Å². The minimum atomic E-state index is -5.00. The molecule has 17 nitrogen and oxygen atoms in total. The number of aliphatic hydroxyl groups is 1. The van der Waals surface area contributed by atoms with Crippen LogP contribution in [0.4, 0.5) is 0 Å². The van der Waals surface area contributed by atoms with E-state index in [4.69, 9.17) is 37.0 Å². The molecule has 0 saturated heterocycles. The van der Waals surface area contributed by atoms with Gasteiger partial charge in [-0.2, -0.15) is 0 Å². The number of hydrogen-bond acceptors (Lipinski definition) is 15. The lowest BCUT2D eigenvalue weighted by atomic mass is 10.1. The van der Waals surface area contributed by atoms with Crippen molar-refractivity contribution >= 4 is 39.5 Å². The molecule has 0 rings (SSSR count). The minimum absolute atomic E-state index is 0.0283. The first-order valence-electron chi connectivity index (χ1n) is 38.7. The number of carbonyl (C=O) groups is 4. The van der Waals surface area contributed by atoms with Gasteiger partial charge >= 0.3 is 39.5 Å². The van der Waals surface area contributed by atoms with E-state index < -0.39 is 97.5 Å². The number of aliphatic hydroxyl groups excluding tert-OH is 1. The van der Waals surface area contributed by atoms with Crippen molar-refractivity contribution in [3.05, 3.63) is 158 Å². The van der Waals surface area contributed by atoms with Crippen LogP contribution in [0.2, 0.25) is 0 Å². The summed E-state index contributed by atoms with van der Waals surface area (Å²) >= 11 is 0. The molecule has 5 atom stereocenters. The summed E-state index contributed by atoms with van der Waals surface area (Å²) in [6.45, 7) is 4.42. The van der Waals surface area contributed by atoms with E-state index in [1.165, 1.54) is 38.5 Å². The third-order valence-electron chi connectivity index (χ3n) is 15.5. The number of carbonyl (C=O) groups excluding carboxylic acids is 4. The number of allylic oxidation sites excluding steroid dienone is 26. The van der Waals surface area contributed by atoms with Crippen LogP contribution >= 0.6 is 15.6 Å². The van der Waals surface area contributed by atoms with Crippen molar-refractivity contribution in [1.29, 1.82) is 0 Å². The van der Waals surface area contributed by atoms with Crippen molar-refractivity contribution in [3.63, 3.8) is 0 Å². The van der Waals surface area contributed by atoms with Gasteiger partial charge in [0.15, 0.2) is 12.2 Å². The zero-order valence-corrected chi connectivity index (χ0v) is 65.0. The molecule has 19 heteroatoms. The third kappa shape index (κ3) is 73.0. The summed E-state index contributed by atoms with van der Waals surface area (Å²) in [5.41, 5.74) is 0. The Hall–Kier alpha value is -5.32. The van der Waals surface area contributed by atoms with E-state index in [1.807, 2.05) is 18.2 Å². The summed E-state index contributed by atoms with van der Waals surface area (Å²) in [7, 11) is -9.99. The van der Waals surface area contributed by atoms with Crippen LogP contribution in [0.5, 0.6) is 0 Å². The second kappa shape index (κ2) is 74.0. The van der Waals surface area contributed by atoms with Crippen molar-refractivity contribution in [2.75, 3.05) is 39.6 Å². The fourth-order valence-electron chi connectivity index (χ4n) is 9.66. The molecular weight excluding hydrogens is 1330 g/mol. The second-order valence-electron chi connectivity index (χ2n) is 25.2. The van der Waals surface area contributed by atoms with Crippen LogP contribution in [-0.2, 0) is 65.4 Å². The Morgan fingerprint density at radius 2 is 0.549 bits per heavy atom. The summed E-state index contributed by atoms with van der Waals surface area (Å²) in [6, 6.07) is 0. The highest BCUT2D eigenvalue weighted by Crippen LogP contribution is 2.45. The van der Waals surface area contributed by atoms with Gasteiger partial charge in [-0.3, -0.25) is 37.3 Å². The Balaban J connectivity index is 5.41. The topological polar surface area (TPSA) is 237 Å². The Labute approximate surface area is 617 Å². The lowest BCUT2D eigenvalue weighted by Gasteiger charge is -2.21. The molecule has 0 bridgehead atoms. The van der Waals surface area contributed by atoms with Crippen molar-refractivity contribution in [1.82, 2.24) is 0 Å². The van der Waals surface area contributed by atoms with Crippen LogP contribution in [0.3, 0.4) is 0 Å². The molecule has 0 fully saturated rings. The molecule has 3 N–H and O–H groups in total. The number of hydrogen-bond donors (Lipinski definition) is 3. The summed E-state index contributed by atoms with van der Waals surface area (Å²) in [5, 5.41) is 10.6. The van der Waals surface area contributed by atoms with E-state index in [0.29, 0.717) is 32.1 Å². The summed E-state index contributed by atoms with van der Waals surface area (Å²) in [6.07, 6.45) is 85.4. The maximum Gasteiger partial charge on any atom is 0.472 e. The summed E-state index contributed by atoms with van der Waals surface area (Å²) < 4.78 is 68.3. The van der Waals surface area contributed by atoms with Gasteiger partial charge in [0.05, 0.1) is 26.4 Å². The molecule has 0 aromatic carbocycles. The minimum Gasteiger partial charge on any atom is -0.462 e. The first kappa shape index (κ1) is 96.7. The number of phosphoric acid groups is 2. The van der Waals surface area contributed by atoms with Gasteiger partial charge in [-0.05, 0) is 135 Å². The molecule has 0 spiro atoms. The second-order valence-corrected chi connectivity index (χ2v) is 28.1. The average molecular weight is 1470 g/mol. The van der Waals surface area contributed by atoms with Crippen LogP contribution in [0.25, 0.3) is 0 Å². The number of rotatable bonds is 71. The van der Waals surface area contributed by atoms with Crippen LogP contribution in [0, 0.1) is 0 Å². The zero-order valence-electron chi connectivity index (χ0n) is 63.2. The molecule has 102 heavy (non-hydrogen) atoms. The fourth-order valence-corrected chi connectivity index (χ4v) is 11.2. The SMILES string of the molecule is CC/C=C\C/C=C\C/C=C\C/C=C\C/C=C\C/C=C\CCC(=O)OCC(COP(=O)(O)OCC(O)COP(=O)(O)OCC(COC(=O)CCCCC/C=C\C/C=C\C/C=C\C/C=C\C/C=C\CC)OC(=O)CCCCCCCCCCCCC)OC(=O)CCCCCCC/C=C\C/C=C\CCC. The highest BCUT2D eigenvalue weighted by Gasteiger charge is 2.30. The molecule has 0 aliphatic rings. The predicted octanol–water partition coefficient (Wildman–Crippen LogP) is 22.4. The van der Waals surface area contributed by atoms with Crippen LogP contribution in [0.1, 0.15) is 285 Å². The van der Waals surface area contributed by atoms with Gasteiger partial charge in [0.2, 0.25) is 0 Å². The van der Waals surface area contributed by atoms with Gasteiger partial charge in [0.1, 0.15) is 19.3 Å². The Kier molecular flexibility index (Phi) is 70.1. The van der Waals surface area contributed by atoms with Gasteiger partial charge < -0.3 is 33.8 Å². The van der Waals surface area contributed by atoms with Crippen LogP contribution < -0.4 is 0 Å². The molecule has 0 aliphatic carbocycles. The molecule has 0 aromatic heterocycles. The molecule has 0 amide bonds. The molecule has 0 aliphatic heterocycles. The molecule has 0 aromatic rings. The first-order valence-corrected chi connectivity index (χ1v) is 41.7. The fraction of sp³-hybridized carbons (Fsp3) is 0.639. The van der Waals surface area contributed by atoms with Crippen molar-refractivity contribution in [2.45, 2.75) is 303 Å². The van der Waals surface area contributed by atoms with Gasteiger partial charge in [-0.1, -0.05) is 282 Å². The van der Waals surface area contributed by atoms with E-state index in [2.05, 4.69) is 167 Å². The largest absolute Gasteiger partial charge is 0.472 e. The molecule has 0 heterocycles. The quantitative estimate of drug-likeness (QED) is 0.0169. The lowest BCUT2D eigenvalue weighted by molar-refractivity contribution is -0.161. The molecular formula is C83H136O17P2. The van der Waals surface area contributed by atoms with Crippen molar-refractivity contribution in [2.24, 2.45) is 0 Å². The lowest BCUT2D eigenvalue weighted by Crippen LogP contribution is -2.30. The maximum absolute atomic E-state index is 13.1. The molecule has 5 unspecified atom stereocenters. The molecule has 580 valence electrons. The number of esters is 4. The van der Waals surface area contributed by atoms with E-state index in [-0.39, 0.29) is 25.7 Å². The van der Waals surface area contributed by atoms with Gasteiger partial charge in [0.25, 0.3) is 0 Å². The van der Waals surface area contributed by atoms with Gasteiger partial charge in [-0.15, -0.1) is 0 Å². The standard InChI is InChI=1S/C83H136O17P2/c1-5-9-13-17-21-25-29-32-34-36-38-40-42-45-48-51-55-59-63-67-80(85)93-73-78(99-82(87)69-65-61-57-53-47-28-24-20-16-12-8-4)75-97-101(89,90)95-71-77(84)72-96-102(91,92)98-76-79(100-83(88)70-66-62-58-54-50-44-31-27-23-19-15-11-7-3)74-94-81(86)68-64-60-56-52-49-46-43-41-39-37-35-33-30-26-22-18-14-10-6-2/h9-10,13-15,19,21-22,25-27,31-35,38-41,45-46,48-49,56,60,77-79,84H,5-8,11-12,16-18,20,23-24,28-30,36-37,42-44,47,50-55,57-59,61-76H2,1-4H3,(H,89,90)(H,91,92)/b13-9-,14-10-,19-15-,25-21-,26-22-,31-27-,34-32-,35-33-,40-38-,41-39-,48-45-,49-46-,60-56-. The summed E-state index contributed by atoms with van der Waals surface area (Å²) in [5.74, 6) is -2.33. The smallest absolute Gasteiger partial charge is 0.462 e. The number of ether oxygens (including phenoxy) is 4. The highest BCUT2D eigenvalue weighted by molar-refractivity contribution is 7.47. The van der Waals surface area contributed by atoms with Gasteiger partial charge in [-0.25, -0.2) is 9.13 Å². The summed E-state index contributed by atoms with van der Waals surface area (Å²) in [4.78, 5) is 72.8. The van der Waals surface area contributed by atoms with Crippen LogP contribution in [0.15, 0.2) is 158 Å². The Bertz CT molecular complexity index is 2550. The number of phosphoric ester groups is 2. The van der Waals surface area contributed by atoms with Crippen molar-refractivity contribution < 1.29 is 80.2 Å². The Morgan fingerprint density at radius 1 is 0.284 bits per heavy atom. The predicted molar refractivity (Wildman–Crippen MR) is 417 cm³/mol. The molecule has 0 radical (unpaired) electrons. The monoisotopic (exact) mass is 1470 g/mol. The average Bonchev–Trinajstić information content (AvgIpc) is 0.907. The zero-order chi connectivity index (χ0) is 74.6. The van der Waals surface area contributed by atoms with E-state index in [0.717, 1.165) is 161 Å². The maximum atomic E-state index is 13.1. The highest BCUT2D eigenvalue weighted by atomic mass is 31.2. The van der Waals surface area contributed by atoms with Crippen LogP contribution in [-0.4, -0.2) is 96.7 Å². The van der Waals surface area contributed by atoms with Crippen molar-refractivity contribution in [3.8, 4) is 0 Å². The van der Waals surface area contributed by atoms with E-state index in [1.54, 1.807) is 0 Å². The van der Waals surface area contributed by atoms with E-state index >= 15 is 0 Å². The normalized spacial score (nSPS) is 14.8. The third-order valence-corrected chi connectivity index (χ3v) is 17.4.